The molecule has 2 aromatic carbocycles. The van der Waals surface area contributed by atoms with Crippen LogP contribution in [0.2, 0.25) is 5.02 Å². The minimum atomic E-state index is -0.487. The lowest BCUT2D eigenvalue weighted by molar-refractivity contribution is -0.120. The predicted molar refractivity (Wildman–Crippen MR) is 97.1 cm³/mol. The smallest absolute Gasteiger partial charge is 0.264 e. The van der Waals surface area contributed by atoms with E-state index in [2.05, 4.69) is 0 Å². The summed E-state index contributed by atoms with van der Waals surface area (Å²) >= 11 is 5.89. The van der Waals surface area contributed by atoms with Gasteiger partial charge in [-0.15, -0.1) is 0 Å². The Kier molecular flexibility index (Phi) is 7.24. The number of carbonyl (C=O) groups is 1. The fourth-order valence-corrected chi connectivity index (χ4v) is 2.48. The van der Waals surface area contributed by atoms with Crippen LogP contribution < -0.4 is 14.4 Å². The molecule has 0 aliphatic heterocycles. The summed E-state index contributed by atoms with van der Waals surface area (Å²) in [5.41, 5.74) is 0.627. The fourth-order valence-electron chi connectivity index (χ4n) is 2.26. The van der Waals surface area contributed by atoms with E-state index in [-0.39, 0.29) is 36.3 Å². The van der Waals surface area contributed by atoms with Crippen LogP contribution in [0, 0.1) is 17.1 Å². The highest BCUT2D eigenvalue weighted by Crippen LogP contribution is 2.25. The van der Waals surface area contributed by atoms with E-state index < -0.39 is 5.82 Å². The first-order chi connectivity index (χ1) is 12.5. The van der Waals surface area contributed by atoms with Crippen molar-refractivity contribution in [3.63, 3.8) is 0 Å². The van der Waals surface area contributed by atoms with Gasteiger partial charge in [-0.1, -0.05) is 11.6 Å². The van der Waals surface area contributed by atoms with Crippen LogP contribution in [0.3, 0.4) is 0 Å². The molecular weight excluding hydrogens is 359 g/mol. The highest BCUT2D eigenvalue weighted by molar-refractivity contribution is 6.32. The molecule has 0 aromatic heterocycles. The van der Waals surface area contributed by atoms with Gasteiger partial charge in [0.15, 0.2) is 6.61 Å². The van der Waals surface area contributed by atoms with Gasteiger partial charge in [0.1, 0.15) is 17.3 Å². The molecule has 5 nitrogen and oxygen atoms in total. The van der Waals surface area contributed by atoms with Crippen LogP contribution >= 0.6 is 11.6 Å². The molecule has 136 valence electrons. The number of benzene rings is 2. The number of anilines is 1. The second-order valence-corrected chi connectivity index (χ2v) is 5.65. The van der Waals surface area contributed by atoms with E-state index in [1.165, 1.54) is 17.0 Å². The molecule has 0 saturated carbocycles. The average Bonchev–Trinajstić information content (AvgIpc) is 2.63. The maximum atomic E-state index is 13.1. The van der Waals surface area contributed by atoms with Gasteiger partial charge in [-0.3, -0.25) is 4.79 Å². The molecule has 0 spiro atoms. The molecule has 0 N–H and O–H groups in total. The minimum Gasteiger partial charge on any atom is -0.494 e. The molecule has 0 atom stereocenters. The van der Waals surface area contributed by atoms with Crippen molar-refractivity contribution >= 4 is 23.2 Å². The summed E-state index contributed by atoms with van der Waals surface area (Å²) in [4.78, 5) is 14.0. The molecule has 0 fully saturated rings. The Morgan fingerprint density at radius 3 is 2.58 bits per heavy atom. The lowest BCUT2D eigenvalue weighted by atomic mass is 10.2. The molecular formula is C19H18ClFN2O3. The molecule has 2 rings (SSSR count). The summed E-state index contributed by atoms with van der Waals surface area (Å²) in [7, 11) is 0. The number of amides is 1. The summed E-state index contributed by atoms with van der Waals surface area (Å²) in [5, 5.41) is 8.92. The molecule has 26 heavy (non-hydrogen) atoms. The van der Waals surface area contributed by atoms with Gasteiger partial charge >= 0.3 is 0 Å². The third-order valence-corrected chi connectivity index (χ3v) is 3.75. The van der Waals surface area contributed by atoms with Crippen molar-refractivity contribution in [3.05, 3.63) is 53.3 Å². The Morgan fingerprint density at radius 2 is 1.96 bits per heavy atom. The topological polar surface area (TPSA) is 62.6 Å². The van der Waals surface area contributed by atoms with Gasteiger partial charge in [0.25, 0.3) is 5.91 Å². The van der Waals surface area contributed by atoms with Crippen LogP contribution in [0.1, 0.15) is 13.3 Å². The van der Waals surface area contributed by atoms with Gasteiger partial charge < -0.3 is 14.4 Å². The largest absolute Gasteiger partial charge is 0.494 e. The Hall–Kier alpha value is -2.78. The van der Waals surface area contributed by atoms with Crippen LogP contribution in [0.15, 0.2) is 42.5 Å². The van der Waals surface area contributed by atoms with E-state index >= 15 is 0 Å². The Bertz CT molecular complexity index is 790. The maximum absolute atomic E-state index is 13.1. The summed E-state index contributed by atoms with van der Waals surface area (Å²) in [6.45, 7) is 2.37. The monoisotopic (exact) mass is 376 g/mol. The third-order valence-electron chi connectivity index (χ3n) is 3.45. The second-order valence-electron chi connectivity index (χ2n) is 5.24. The summed E-state index contributed by atoms with van der Waals surface area (Å²) in [5.74, 6) is 0.0788. The molecule has 0 unspecified atom stereocenters. The first-order valence-corrected chi connectivity index (χ1v) is 8.41. The molecule has 1 amide bonds. The molecule has 0 bridgehead atoms. The zero-order valence-corrected chi connectivity index (χ0v) is 15.0. The van der Waals surface area contributed by atoms with Crippen LogP contribution in [-0.4, -0.2) is 25.7 Å². The first-order valence-electron chi connectivity index (χ1n) is 8.03. The lowest BCUT2D eigenvalue weighted by Crippen LogP contribution is -2.35. The molecule has 0 aliphatic carbocycles. The van der Waals surface area contributed by atoms with Crippen LogP contribution in [-0.2, 0) is 4.79 Å². The zero-order valence-electron chi connectivity index (χ0n) is 14.2. The Labute approximate surface area is 156 Å². The average molecular weight is 377 g/mol. The van der Waals surface area contributed by atoms with E-state index in [9.17, 15) is 9.18 Å². The van der Waals surface area contributed by atoms with E-state index in [0.29, 0.717) is 18.0 Å². The van der Waals surface area contributed by atoms with Crippen LogP contribution in [0.4, 0.5) is 10.1 Å². The number of nitrogens with zero attached hydrogens (tertiary/aromatic N) is 2. The van der Waals surface area contributed by atoms with Crippen molar-refractivity contribution in [2.75, 3.05) is 24.7 Å². The zero-order chi connectivity index (χ0) is 18.9. The number of ether oxygens (including phenoxy) is 2. The van der Waals surface area contributed by atoms with Crippen molar-refractivity contribution in [1.29, 1.82) is 5.26 Å². The number of rotatable bonds is 8. The quantitative estimate of drug-likeness (QED) is 0.692. The number of hydrogen-bond acceptors (Lipinski definition) is 4. The van der Waals surface area contributed by atoms with E-state index in [4.69, 9.17) is 26.3 Å². The number of carbonyl (C=O) groups excluding carboxylic acids is 1. The second kappa shape index (κ2) is 9.64. The van der Waals surface area contributed by atoms with Gasteiger partial charge in [-0.2, -0.15) is 5.26 Å². The molecule has 0 saturated heterocycles. The van der Waals surface area contributed by atoms with Gasteiger partial charge in [-0.25, -0.2) is 4.39 Å². The van der Waals surface area contributed by atoms with Crippen molar-refractivity contribution in [2.45, 2.75) is 13.3 Å². The number of nitriles is 1. The standard InChI is InChI=1S/C19H18ClFN2O3/c1-2-25-16-7-5-15(6-8-16)23(11-3-10-22)19(24)13-26-18-9-4-14(21)12-17(18)20/h4-9,12H,2-3,11,13H2,1H3. The summed E-state index contributed by atoms with van der Waals surface area (Å²) in [6, 6.07) is 12.7. The summed E-state index contributed by atoms with van der Waals surface area (Å²) < 4.78 is 23.9. The van der Waals surface area contributed by atoms with E-state index in [1.54, 1.807) is 24.3 Å². The van der Waals surface area contributed by atoms with E-state index in [0.717, 1.165) is 6.07 Å². The van der Waals surface area contributed by atoms with Crippen LogP contribution in [0.5, 0.6) is 11.5 Å². The number of halogens is 2. The Balaban J connectivity index is 2.09. The predicted octanol–water partition coefficient (Wildman–Crippen LogP) is 4.20. The van der Waals surface area contributed by atoms with Gasteiger partial charge in [0.05, 0.1) is 24.1 Å². The molecule has 0 aliphatic rings. The Morgan fingerprint density at radius 1 is 1.23 bits per heavy atom. The van der Waals surface area contributed by atoms with Gasteiger partial charge in [0, 0.05) is 12.2 Å². The summed E-state index contributed by atoms with van der Waals surface area (Å²) in [6.07, 6.45) is 0.177. The molecule has 0 radical (unpaired) electrons. The van der Waals surface area contributed by atoms with Gasteiger partial charge in [0.2, 0.25) is 0 Å². The van der Waals surface area contributed by atoms with Crippen molar-refractivity contribution < 1.29 is 18.7 Å². The lowest BCUT2D eigenvalue weighted by Gasteiger charge is -2.22. The van der Waals surface area contributed by atoms with Crippen LogP contribution in [0.25, 0.3) is 0 Å². The molecule has 2 aromatic rings. The van der Waals surface area contributed by atoms with Crippen molar-refractivity contribution in [1.82, 2.24) is 0 Å². The van der Waals surface area contributed by atoms with Crippen molar-refractivity contribution in [3.8, 4) is 17.6 Å². The normalized spacial score (nSPS) is 10.1. The first kappa shape index (κ1) is 19.5. The maximum Gasteiger partial charge on any atom is 0.264 e. The highest BCUT2D eigenvalue weighted by atomic mass is 35.5. The number of hydrogen-bond donors (Lipinski definition) is 0. The minimum absolute atomic E-state index is 0.0856. The van der Waals surface area contributed by atoms with Crippen molar-refractivity contribution in [2.24, 2.45) is 0 Å². The third kappa shape index (κ3) is 5.36. The highest BCUT2D eigenvalue weighted by Gasteiger charge is 2.17. The van der Waals surface area contributed by atoms with Gasteiger partial charge in [-0.05, 0) is 49.4 Å². The fraction of sp³-hybridized carbons (Fsp3) is 0.263. The SMILES string of the molecule is CCOc1ccc(N(CCC#N)C(=O)COc2ccc(F)cc2Cl)cc1. The molecule has 7 heteroatoms. The van der Waals surface area contributed by atoms with E-state index in [1.807, 2.05) is 13.0 Å². The molecule has 0 heterocycles.